The summed E-state index contributed by atoms with van der Waals surface area (Å²) in [5, 5.41) is 14.1. The highest BCUT2D eigenvalue weighted by atomic mass is 19.1. The Morgan fingerprint density at radius 2 is 1.57 bits per heavy atom. The van der Waals surface area contributed by atoms with Crippen molar-refractivity contribution in [3.63, 3.8) is 0 Å². The Kier molecular flexibility index (Phi) is 9.73. The fraction of sp³-hybridized carbons (Fsp3) is 0.286. The van der Waals surface area contributed by atoms with E-state index in [9.17, 15) is 28.3 Å². The number of carbonyl (C=O) groups is 3. The largest absolute Gasteiger partial charge is 0.493 e. The fourth-order valence-corrected chi connectivity index (χ4v) is 3.87. The zero-order valence-electron chi connectivity index (χ0n) is 22.1. The summed E-state index contributed by atoms with van der Waals surface area (Å²) in [5.41, 5.74) is -3.32. The maximum atomic E-state index is 14.8. The molecule has 2 aromatic carbocycles. The van der Waals surface area contributed by atoms with Gasteiger partial charge >= 0.3 is 11.9 Å². The molecule has 3 aromatic rings. The van der Waals surface area contributed by atoms with Crippen molar-refractivity contribution in [1.82, 2.24) is 10.3 Å². The van der Waals surface area contributed by atoms with Crippen molar-refractivity contribution in [1.29, 1.82) is 0 Å². The minimum atomic E-state index is -2.41. The van der Waals surface area contributed by atoms with Gasteiger partial charge in [-0.3, -0.25) is 9.59 Å². The molecule has 12 heteroatoms. The van der Waals surface area contributed by atoms with Crippen LogP contribution in [0.3, 0.4) is 0 Å². The van der Waals surface area contributed by atoms with Crippen LogP contribution in [-0.4, -0.2) is 54.0 Å². The summed E-state index contributed by atoms with van der Waals surface area (Å²) in [7, 11) is 1.32. The number of hydrogen-bond acceptors (Lipinski definition) is 9. The number of ether oxygens (including phenoxy) is 4. The standard InChI is InChI=1S/C28H28F2N2O8/c1-16(32-26(34)24-25(39-15-38-18(3)33)23(37-4)13-14-31-24)27(35)40-17(2)28(36,19-9-5-7-11-21(19)29)20-10-6-8-12-22(20)30/h5-14,16-17,36H,15H2,1-4H3,(H,32,34)/t16-,17-/m0/s1. The number of nitrogens with zero attached hydrogens (tertiary/aromatic N) is 1. The zero-order chi connectivity index (χ0) is 29.4. The minimum Gasteiger partial charge on any atom is -0.493 e. The van der Waals surface area contributed by atoms with Gasteiger partial charge in [0.1, 0.15) is 23.8 Å². The Bertz CT molecular complexity index is 1340. The lowest BCUT2D eigenvalue weighted by molar-refractivity contribution is -0.162. The summed E-state index contributed by atoms with van der Waals surface area (Å²) in [6, 6.07) is 10.5. The summed E-state index contributed by atoms with van der Waals surface area (Å²) >= 11 is 0. The van der Waals surface area contributed by atoms with Crippen molar-refractivity contribution in [2.75, 3.05) is 13.9 Å². The van der Waals surface area contributed by atoms with Gasteiger partial charge in [-0.05, 0) is 26.0 Å². The number of aliphatic hydroxyl groups is 1. The molecule has 1 heterocycles. The molecule has 0 radical (unpaired) electrons. The number of esters is 2. The number of pyridine rings is 1. The van der Waals surface area contributed by atoms with Crippen LogP contribution in [0.2, 0.25) is 0 Å². The molecule has 0 saturated heterocycles. The van der Waals surface area contributed by atoms with Gasteiger partial charge in [0, 0.05) is 30.3 Å². The van der Waals surface area contributed by atoms with Gasteiger partial charge in [0.2, 0.25) is 6.79 Å². The van der Waals surface area contributed by atoms with Crippen LogP contribution in [0.25, 0.3) is 0 Å². The molecule has 10 nitrogen and oxygen atoms in total. The molecule has 0 aliphatic rings. The quantitative estimate of drug-likeness (QED) is 0.269. The Morgan fingerprint density at radius 3 is 2.10 bits per heavy atom. The Labute approximate surface area is 228 Å². The highest BCUT2D eigenvalue weighted by Gasteiger charge is 2.44. The topological polar surface area (TPSA) is 133 Å². The maximum absolute atomic E-state index is 14.8. The second-order valence-corrected chi connectivity index (χ2v) is 8.59. The van der Waals surface area contributed by atoms with E-state index in [-0.39, 0.29) is 28.3 Å². The highest BCUT2D eigenvalue weighted by Crippen LogP contribution is 2.37. The molecule has 0 saturated carbocycles. The lowest BCUT2D eigenvalue weighted by Gasteiger charge is -2.35. The lowest BCUT2D eigenvalue weighted by Crippen LogP contribution is -2.47. The number of rotatable bonds is 11. The molecule has 0 fully saturated rings. The average Bonchev–Trinajstić information content (AvgIpc) is 2.92. The highest BCUT2D eigenvalue weighted by molar-refractivity contribution is 5.98. The van der Waals surface area contributed by atoms with Crippen LogP contribution in [0, 0.1) is 11.6 Å². The van der Waals surface area contributed by atoms with Crippen molar-refractivity contribution in [3.8, 4) is 11.5 Å². The summed E-state index contributed by atoms with van der Waals surface area (Å²) < 4.78 is 50.3. The normalized spacial score (nSPS) is 12.6. The van der Waals surface area contributed by atoms with Gasteiger partial charge in [-0.1, -0.05) is 36.4 Å². The number of methoxy groups -OCH3 is 1. The smallest absolute Gasteiger partial charge is 0.328 e. The molecule has 0 spiro atoms. The first-order valence-corrected chi connectivity index (χ1v) is 12.0. The second-order valence-electron chi connectivity index (χ2n) is 8.59. The number of hydrogen-bond donors (Lipinski definition) is 2. The van der Waals surface area contributed by atoms with Gasteiger partial charge in [0.15, 0.2) is 22.8 Å². The van der Waals surface area contributed by atoms with E-state index in [1.165, 1.54) is 76.5 Å². The summed E-state index contributed by atoms with van der Waals surface area (Å²) in [6.07, 6.45) is -0.244. The first-order valence-electron chi connectivity index (χ1n) is 12.0. The zero-order valence-corrected chi connectivity index (χ0v) is 22.1. The molecule has 2 N–H and O–H groups in total. The summed E-state index contributed by atoms with van der Waals surface area (Å²) in [4.78, 5) is 41.0. The minimum absolute atomic E-state index is 0.107. The Balaban J connectivity index is 1.83. The van der Waals surface area contributed by atoms with Crippen molar-refractivity contribution in [3.05, 3.63) is 89.2 Å². The van der Waals surface area contributed by atoms with Crippen molar-refractivity contribution < 1.29 is 47.2 Å². The predicted molar refractivity (Wildman–Crippen MR) is 136 cm³/mol. The SMILES string of the molecule is COc1ccnc(C(=O)N[C@@H](C)C(=O)O[C@@H](C)C(O)(c2ccccc2F)c2ccccc2F)c1OCOC(C)=O. The van der Waals surface area contributed by atoms with Gasteiger partial charge < -0.3 is 29.4 Å². The van der Waals surface area contributed by atoms with Gasteiger partial charge in [0.05, 0.1) is 7.11 Å². The summed E-state index contributed by atoms with van der Waals surface area (Å²) in [5.74, 6) is -4.23. The van der Waals surface area contributed by atoms with Crippen LogP contribution < -0.4 is 14.8 Å². The van der Waals surface area contributed by atoms with Crippen molar-refractivity contribution >= 4 is 17.8 Å². The Hall–Kier alpha value is -4.58. The number of benzene rings is 2. The number of aromatic nitrogens is 1. The van der Waals surface area contributed by atoms with Gasteiger partial charge in [0.25, 0.3) is 5.91 Å². The van der Waals surface area contributed by atoms with E-state index < -0.39 is 54.0 Å². The van der Waals surface area contributed by atoms with Gasteiger partial charge in [-0.15, -0.1) is 0 Å². The maximum Gasteiger partial charge on any atom is 0.328 e. The van der Waals surface area contributed by atoms with E-state index in [2.05, 4.69) is 10.3 Å². The molecule has 40 heavy (non-hydrogen) atoms. The molecule has 1 amide bonds. The lowest BCUT2D eigenvalue weighted by atomic mass is 9.81. The molecule has 0 bridgehead atoms. The number of halogens is 2. The van der Waals surface area contributed by atoms with E-state index in [4.69, 9.17) is 18.9 Å². The average molecular weight is 559 g/mol. The molecule has 2 atom stereocenters. The number of nitrogens with one attached hydrogen (secondary N) is 1. The van der Waals surface area contributed by atoms with Gasteiger partial charge in [-0.2, -0.15) is 0 Å². The molecule has 0 unspecified atom stereocenters. The van der Waals surface area contributed by atoms with Crippen molar-refractivity contribution in [2.24, 2.45) is 0 Å². The number of amides is 1. The Morgan fingerprint density at radius 1 is 1.00 bits per heavy atom. The van der Waals surface area contributed by atoms with E-state index in [1.54, 1.807) is 0 Å². The predicted octanol–water partition coefficient (Wildman–Crippen LogP) is 3.25. The third kappa shape index (κ3) is 6.52. The molecule has 3 rings (SSSR count). The molecule has 0 aliphatic carbocycles. The monoisotopic (exact) mass is 558 g/mol. The first-order chi connectivity index (χ1) is 19.0. The van der Waals surface area contributed by atoms with Crippen LogP contribution in [-0.2, 0) is 24.7 Å². The number of carbonyl (C=O) groups excluding carboxylic acids is 3. The van der Waals surface area contributed by atoms with E-state index >= 15 is 0 Å². The molecular formula is C28H28F2N2O8. The molecular weight excluding hydrogens is 530 g/mol. The van der Waals surface area contributed by atoms with Crippen molar-refractivity contribution in [2.45, 2.75) is 38.5 Å². The fourth-order valence-electron chi connectivity index (χ4n) is 3.87. The van der Waals surface area contributed by atoms with E-state index in [0.717, 1.165) is 12.1 Å². The molecule has 0 aliphatic heterocycles. The van der Waals surface area contributed by atoms with Crippen LogP contribution >= 0.6 is 0 Å². The molecule has 1 aromatic heterocycles. The van der Waals surface area contributed by atoms with Crippen LogP contribution in [0.15, 0.2) is 60.8 Å². The third-order valence-corrected chi connectivity index (χ3v) is 5.92. The van der Waals surface area contributed by atoms with Crippen LogP contribution in [0.1, 0.15) is 42.4 Å². The third-order valence-electron chi connectivity index (χ3n) is 5.92. The van der Waals surface area contributed by atoms with E-state index in [1.807, 2.05) is 0 Å². The van der Waals surface area contributed by atoms with Crippen LogP contribution in [0.4, 0.5) is 8.78 Å². The van der Waals surface area contributed by atoms with E-state index in [0.29, 0.717) is 0 Å². The summed E-state index contributed by atoms with van der Waals surface area (Å²) in [6.45, 7) is 3.22. The first kappa shape index (κ1) is 30.0. The van der Waals surface area contributed by atoms with Crippen LogP contribution in [0.5, 0.6) is 11.5 Å². The second kappa shape index (κ2) is 13.0. The molecule has 212 valence electrons. The van der Waals surface area contributed by atoms with Gasteiger partial charge in [-0.25, -0.2) is 18.6 Å².